The van der Waals surface area contributed by atoms with E-state index < -0.39 is 0 Å². The molecule has 5 heteroatoms. The van der Waals surface area contributed by atoms with Gasteiger partial charge in [0.2, 0.25) is 5.91 Å². The largest absolute Gasteiger partial charge is 0.354 e. The fraction of sp³-hybridized carbons (Fsp3) is 0.294. The summed E-state index contributed by atoms with van der Waals surface area (Å²) >= 11 is 1.67. The first-order valence-corrected chi connectivity index (χ1v) is 8.38. The number of aromatic nitrogens is 2. The average molecular weight is 313 g/mol. The molecule has 0 atom stereocenters. The van der Waals surface area contributed by atoms with Gasteiger partial charge in [-0.3, -0.25) is 4.79 Å². The molecule has 2 heterocycles. The van der Waals surface area contributed by atoms with Gasteiger partial charge in [-0.15, -0.1) is 0 Å². The van der Waals surface area contributed by atoms with Crippen molar-refractivity contribution in [2.75, 3.05) is 6.54 Å². The van der Waals surface area contributed by atoms with Gasteiger partial charge in [0.15, 0.2) is 0 Å². The van der Waals surface area contributed by atoms with Crippen LogP contribution in [-0.2, 0) is 17.8 Å². The summed E-state index contributed by atoms with van der Waals surface area (Å²) in [6.45, 7) is 3.37. The third-order valence-electron chi connectivity index (χ3n) is 3.72. The Kier molecular flexibility index (Phi) is 4.53. The number of imidazole rings is 1. The van der Waals surface area contributed by atoms with Crippen LogP contribution in [0.2, 0.25) is 0 Å². The van der Waals surface area contributed by atoms with Crippen molar-refractivity contribution in [3.63, 3.8) is 0 Å². The number of fused-ring (bicyclic) bond motifs is 1. The number of thiophene rings is 1. The molecule has 0 unspecified atom stereocenters. The molecule has 0 saturated heterocycles. The van der Waals surface area contributed by atoms with E-state index in [9.17, 15) is 4.79 Å². The Morgan fingerprint density at radius 2 is 2.18 bits per heavy atom. The maximum absolute atomic E-state index is 11.9. The average Bonchev–Trinajstić information content (AvgIpc) is 3.13. The fourth-order valence-corrected chi connectivity index (χ4v) is 3.27. The molecule has 0 radical (unpaired) electrons. The molecule has 1 amide bonds. The zero-order valence-electron chi connectivity index (χ0n) is 12.6. The van der Waals surface area contributed by atoms with Crippen molar-refractivity contribution >= 4 is 28.3 Å². The highest BCUT2D eigenvalue weighted by Gasteiger charge is 2.07. The Morgan fingerprint density at radius 1 is 1.32 bits per heavy atom. The summed E-state index contributed by atoms with van der Waals surface area (Å²) < 4.78 is 2.15. The predicted molar refractivity (Wildman–Crippen MR) is 90.1 cm³/mol. The van der Waals surface area contributed by atoms with Crippen molar-refractivity contribution < 1.29 is 4.79 Å². The Hall–Kier alpha value is -2.14. The van der Waals surface area contributed by atoms with Gasteiger partial charge in [-0.2, -0.15) is 11.3 Å². The highest BCUT2D eigenvalue weighted by Crippen LogP contribution is 2.14. The zero-order valence-corrected chi connectivity index (χ0v) is 13.4. The van der Waals surface area contributed by atoms with Crippen LogP contribution in [0.25, 0.3) is 11.0 Å². The van der Waals surface area contributed by atoms with E-state index >= 15 is 0 Å². The molecule has 0 aliphatic heterocycles. The third kappa shape index (κ3) is 3.36. The number of nitrogens with one attached hydrogen (secondary N) is 1. The lowest BCUT2D eigenvalue weighted by Crippen LogP contribution is -2.27. The van der Waals surface area contributed by atoms with Crippen molar-refractivity contribution in [1.82, 2.24) is 14.9 Å². The van der Waals surface area contributed by atoms with Crippen LogP contribution in [0.4, 0.5) is 0 Å². The minimum atomic E-state index is 0.105. The Morgan fingerprint density at radius 3 is 3.00 bits per heavy atom. The zero-order chi connectivity index (χ0) is 15.4. The van der Waals surface area contributed by atoms with Crippen molar-refractivity contribution in [1.29, 1.82) is 0 Å². The number of carbonyl (C=O) groups excluding carboxylic acids is 1. The van der Waals surface area contributed by atoms with E-state index in [1.807, 2.05) is 30.5 Å². The van der Waals surface area contributed by atoms with E-state index in [-0.39, 0.29) is 5.91 Å². The summed E-state index contributed by atoms with van der Waals surface area (Å²) in [6, 6.07) is 10.1. The van der Waals surface area contributed by atoms with Crippen LogP contribution in [0, 0.1) is 6.92 Å². The van der Waals surface area contributed by atoms with Crippen molar-refractivity contribution in [3.05, 3.63) is 52.5 Å². The predicted octanol–water partition coefficient (Wildman–Crippen LogP) is 3.16. The smallest absolute Gasteiger partial charge is 0.220 e. The molecule has 0 aliphatic carbocycles. The summed E-state index contributed by atoms with van der Waals surface area (Å²) in [5.41, 5.74) is 3.35. The summed E-state index contributed by atoms with van der Waals surface area (Å²) in [4.78, 5) is 16.4. The fourth-order valence-electron chi connectivity index (χ4n) is 2.57. The van der Waals surface area contributed by atoms with Gasteiger partial charge in [0.05, 0.1) is 11.0 Å². The van der Waals surface area contributed by atoms with Crippen molar-refractivity contribution in [2.24, 2.45) is 0 Å². The monoisotopic (exact) mass is 313 g/mol. The second-order valence-electron chi connectivity index (χ2n) is 5.28. The van der Waals surface area contributed by atoms with Crippen LogP contribution >= 0.6 is 11.3 Å². The molecule has 0 spiro atoms. The van der Waals surface area contributed by atoms with Crippen LogP contribution < -0.4 is 5.32 Å². The summed E-state index contributed by atoms with van der Waals surface area (Å²) in [5.74, 6) is 1.09. The summed E-state index contributed by atoms with van der Waals surface area (Å²) in [6.07, 6.45) is 1.35. The summed E-state index contributed by atoms with van der Waals surface area (Å²) in [7, 11) is 0. The number of amides is 1. The molecule has 114 valence electrons. The lowest BCUT2D eigenvalue weighted by atomic mass is 10.2. The van der Waals surface area contributed by atoms with Gasteiger partial charge in [-0.1, -0.05) is 12.1 Å². The lowest BCUT2D eigenvalue weighted by molar-refractivity contribution is -0.121. The molecule has 0 fully saturated rings. The second-order valence-corrected chi connectivity index (χ2v) is 6.06. The van der Waals surface area contributed by atoms with E-state index in [4.69, 9.17) is 0 Å². The first-order valence-electron chi connectivity index (χ1n) is 7.43. The highest BCUT2D eigenvalue weighted by molar-refractivity contribution is 7.07. The molecule has 1 N–H and O–H groups in total. The van der Waals surface area contributed by atoms with Crippen LogP contribution in [0.3, 0.4) is 0 Å². The first-order chi connectivity index (χ1) is 10.7. The number of hydrogen-bond donors (Lipinski definition) is 1. The van der Waals surface area contributed by atoms with Crippen LogP contribution in [-0.4, -0.2) is 22.0 Å². The Balaban J connectivity index is 1.51. The molecule has 1 aromatic carbocycles. The maximum atomic E-state index is 11.9. The summed E-state index contributed by atoms with van der Waals surface area (Å²) in [5, 5.41) is 7.12. The number of rotatable bonds is 6. The van der Waals surface area contributed by atoms with Gasteiger partial charge < -0.3 is 9.88 Å². The quantitative estimate of drug-likeness (QED) is 0.760. The lowest BCUT2D eigenvalue weighted by Gasteiger charge is -2.08. The molecule has 3 aromatic rings. The molecule has 0 aliphatic rings. The van der Waals surface area contributed by atoms with Gasteiger partial charge in [0.1, 0.15) is 5.82 Å². The molecule has 3 rings (SSSR count). The normalized spacial score (nSPS) is 11.0. The van der Waals surface area contributed by atoms with Crippen LogP contribution in [0.5, 0.6) is 0 Å². The SMILES string of the molecule is Cc1nc2ccccc2n1CCNC(=O)CCc1ccsc1. The van der Waals surface area contributed by atoms with Crippen molar-refractivity contribution in [2.45, 2.75) is 26.3 Å². The maximum Gasteiger partial charge on any atom is 0.220 e. The Labute approximate surface area is 133 Å². The molecular formula is C17H19N3OS. The molecule has 4 nitrogen and oxygen atoms in total. The van der Waals surface area contributed by atoms with E-state index in [0.29, 0.717) is 13.0 Å². The number of nitrogens with zero attached hydrogens (tertiary/aromatic N) is 2. The second kappa shape index (κ2) is 6.75. The topological polar surface area (TPSA) is 46.9 Å². The van der Waals surface area contributed by atoms with E-state index in [0.717, 1.165) is 29.8 Å². The molecular weight excluding hydrogens is 294 g/mol. The van der Waals surface area contributed by atoms with E-state index in [1.165, 1.54) is 5.56 Å². The number of aryl methyl sites for hydroxylation is 2. The van der Waals surface area contributed by atoms with Gasteiger partial charge in [0.25, 0.3) is 0 Å². The highest BCUT2D eigenvalue weighted by atomic mass is 32.1. The van der Waals surface area contributed by atoms with E-state index in [1.54, 1.807) is 11.3 Å². The number of para-hydroxylation sites is 2. The third-order valence-corrected chi connectivity index (χ3v) is 4.46. The molecule has 22 heavy (non-hydrogen) atoms. The number of hydrogen-bond acceptors (Lipinski definition) is 3. The first kappa shape index (κ1) is 14.8. The van der Waals surface area contributed by atoms with E-state index in [2.05, 4.69) is 32.4 Å². The minimum Gasteiger partial charge on any atom is -0.354 e. The Bertz CT molecular complexity index is 761. The van der Waals surface area contributed by atoms with Crippen molar-refractivity contribution in [3.8, 4) is 0 Å². The molecule has 2 aromatic heterocycles. The van der Waals surface area contributed by atoms with Gasteiger partial charge in [-0.05, 0) is 47.9 Å². The van der Waals surface area contributed by atoms with Gasteiger partial charge in [-0.25, -0.2) is 4.98 Å². The molecule has 0 saturated carbocycles. The molecule has 0 bridgehead atoms. The number of carbonyl (C=O) groups is 1. The minimum absolute atomic E-state index is 0.105. The van der Waals surface area contributed by atoms with Gasteiger partial charge in [0, 0.05) is 19.5 Å². The van der Waals surface area contributed by atoms with Crippen LogP contribution in [0.1, 0.15) is 17.8 Å². The standard InChI is InChI=1S/C17H19N3OS/c1-13-19-15-4-2-3-5-16(15)20(13)10-9-18-17(21)7-6-14-8-11-22-12-14/h2-5,8,11-12H,6-7,9-10H2,1H3,(H,18,21). The van der Waals surface area contributed by atoms with Crippen LogP contribution in [0.15, 0.2) is 41.1 Å². The number of benzene rings is 1. The van der Waals surface area contributed by atoms with Gasteiger partial charge >= 0.3 is 0 Å².